The van der Waals surface area contributed by atoms with Gasteiger partial charge in [-0.1, -0.05) is 0 Å². The van der Waals surface area contributed by atoms with E-state index in [0.717, 1.165) is 8.87 Å². The molecule has 0 nitrogen and oxygen atoms in total. The monoisotopic (exact) mass is 239 g/mol. The minimum absolute atomic E-state index is 0.941. The maximum absolute atomic E-state index is 5.19. The van der Waals surface area contributed by atoms with Crippen LogP contribution in [0.5, 0.6) is 0 Å². The average Bonchev–Trinajstić information content (AvgIpc) is 1.90. The van der Waals surface area contributed by atoms with Gasteiger partial charge in [0.15, 0.2) is 0 Å². The van der Waals surface area contributed by atoms with Crippen LogP contribution < -0.4 is 0 Å². The van der Waals surface area contributed by atoms with Crippen molar-refractivity contribution in [1.82, 2.24) is 0 Å². The van der Waals surface area contributed by atoms with Gasteiger partial charge in [0, 0.05) is 0 Å². The van der Waals surface area contributed by atoms with Gasteiger partial charge in [-0.3, -0.25) is 0 Å². The molecule has 51 valence electrons. The first kappa shape index (κ1) is 9.62. The molecule has 0 saturated carbocycles. The zero-order valence-electron chi connectivity index (χ0n) is 6.06. The second-order valence-electron chi connectivity index (χ2n) is 1.88. The average molecular weight is 238 g/mol. The van der Waals surface area contributed by atoms with Crippen molar-refractivity contribution >= 4 is 19.8 Å². The van der Waals surface area contributed by atoms with E-state index in [1.165, 1.54) is 0 Å². The quantitative estimate of drug-likeness (QED) is 0.304. The van der Waals surface area contributed by atoms with Crippen molar-refractivity contribution in [3.05, 3.63) is 29.1 Å². The summed E-state index contributed by atoms with van der Waals surface area (Å²) in [5.41, 5.74) is 2.81. The number of allylic oxidation sites excluding steroid dienone is 1. The molecule has 0 aromatic carbocycles. The van der Waals surface area contributed by atoms with Crippen molar-refractivity contribution in [2.75, 3.05) is 0 Å². The molecule has 0 atom stereocenters. The predicted octanol–water partition coefficient (Wildman–Crippen LogP) is 2.18. The van der Waals surface area contributed by atoms with Gasteiger partial charge in [-0.15, -0.1) is 0 Å². The first-order valence-corrected chi connectivity index (χ1v) is 8.78. The molecule has 0 heterocycles. The first-order valence-electron chi connectivity index (χ1n) is 3.10. The summed E-state index contributed by atoms with van der Waals surface area (Å²) in [6.45, 7) is 7.21. The van der Waals surface area contributed by atoms with E-state index in [4.69, 9.17) is 6.42 Å². The molecule has 0 aromatic rings. The molecule has 1 radical (unpaired) electrons. The molecular weight excluding hydrogens is 227 g/mol. The van der Waals surface area contributed by atoms with E-state index in [2.05, 4.69) is 28.9 Å². The fourth-order valence-corrected chi connectivity index (χ4v) is 4.31. The Kier molecular flexibility index (Phi) is 6.48. The van der Waals surface area contributed by atoms with Crippen molar-refractivity contribution < 1.29 is 0 Å². The van der Waals surface area contributed by atoms with Crippen LogP contribution in [0.3, 0.4) is 0 Å². The fourth-order valence-electron chi connectivity index (χ4n) is 0.643. The van der Waals surface area contributed by atoms with E-state index in [9.17, 15) is 0 Å². The Morgan fingerprint density at radius 1 is 1.60 bits per heavy atom. The van der Waals surface area contributed by atoms with Crippen LogP contribution >= 0.6 is 0 Å². The second kappa shape index (κ2) is 6.73. The molecule has 0 bridgehead atoms. The fraction of sp³-hybridized carbons (Fsp3) is 0.222. The molecule has 0 unspecified atom stereocenters. The minimum atomic E-state index is -1.41. The Bertz CT molecular complexity index is 179. The number of rotatable bonds is 4. The molecule has 0 fully saturated rings. The molecule has 0 aromatic heterocycles. The Morgan fingerprint density at radius 3 is 2.70 bits per heavy atom. The zero-order chi connectivity index (χ0) is 7.82. The normalized spacial score (nSPS) is 8.00. The molecule has 0 N–H and O–H groups in total. The van der Waals surface area contributed by atoms with Crippen LogP contribution in [-0.4, -0.2) is 19.8 Å². The van der Waals surface area contributed by atoms with Crippen LogP contribution in [0, 0.1) is 12.3 Å². The maximum atomic E-state index is 5.19. The topological polar surface area (TPSA) is 0 Å². The van der Waals surface area contributed by atoms with E-state index in [-0.39, 0.29) is 0 Å². The summed E-state index contributed by atoms with van der Waals surface area (Å²) in [6.07, 6.45) is 7.13. The van der Waals surface area contributed by atoms with E-state index in [1.807, 2.05) is 6.08 Å². The van der Waals surface area contributed by atoms with Crippen LogP contribution in [-0.2, 0) is 0 Å². The van der Waals surface area contributed by atoms with Crippen LogP contribution in [0.4, 0.5) is 0 Å². The second-order valence-corrected chi connectivity index (χ2v) is 8.64. The molecule has 0 amide bonds. The zero-order valence-corrected chi connectivity index (χ0v) is 8.91. The Hall–Kier alpha value is -0.381. The number of hydrogen-bond acceptors (Lipinski definition) is 0. The molecule has 0 rings (SSSR count). The van der Waals surface area contributed by atoms with E-state index in [1.54, 1.807) is 0 Å². The van der Waals surface area contributed by atoms with Gasteiger partial charge in [0.25, 0.3) is 0 Å². The summed E-state index contributed by atoms with van der Waals surface area (Å²) < 4.78 is 4.13. The SMILES string of the molecule is C#C[CH2][Sn]([CH]=C=C)[CH2]C=C. The molecule has 0 aliphatic heterocycles. The summed E-state index contributed by atoms with van der Waals surface area (Å²) in [4.78, 5) is 0. The molecule has 10 heavy (non-hydrogen) atoms. The third-order valence-corrected chi connectivity index (χ3v) is 6.99. The van der Waals surface area contributed by atoms with E-state index >= 15 is 0 Å². The molecular formula is C9H11Sn. The van der Waals surface area contributed by atoms with E-state index in [0.29, 0.717) is 0 Å². The van der Waals surface area contributed by atoms with Crippen molar-refractivity contribution in [3.63, 3.8) is 0 Å². The van der Waals surface area contributed by atoms with Gasteiger partial charge >= 0.3 is 70.0 Å². The Balaban J connectivity index is 3.85. The summed E-state index contributed by atoms with van der Waals surface area (Å²) in [6, 6.07) is 0. The van der Waals surface area contributed by atoms with Crippen molar-refractivity contribution in [3.8, 4) is 12.3 Å². The Morgan fingerprint density at radius 2 is 2.30 bits per heavy atom. The molecule has 0 spiro atoms. The van der Waals surface area contributed by atoms with Crippen LogP contribution in [0.25, 0.3) is 0 Å². The van der Waals surface area contributed by atoms with Crippen LogP contribution in [0.2, 0.25) is 8.87 Å². The molecule has 0 saturated heterocycles. The van der Waals surface area contributed by atoms with Crippen molar-refractivity contribution in [2.45, 2.75) is 8.87 Å². The molecule has 0 aliphatic rings. The summed E-state index contributed by atoms with van der Waals surface area (Å²) in [5.74, 6) is 2.68. The van der Waals surface area contributed by atoms with Gasteiger partial charge in [0.05, 0.1) is 0 Å². The van der Waals surface area contributed by atoms with Crippen molar-refractivity contribution in [1.29, 1.82) is 0 Å². The third kappa shape index (κ3) is 4.49. The van der Waals surface area contributed by atoms with Crippen LogP contribution in [0.1, 0.15) is 0 Å². The van der Waals surface area contributed by atoms with Gasteiger partial charge in [-0.25, -0.2) is 0 Å². The summed E-state index contributed by atoms with van der Waals surface area (Å²) in [5, 5.41) is 0. The predicted molar refractivity (Wildman–Crippen MR) is 48.1 cm³/mol. The standard InChI is InChI=1S/C3H5.2C3H3.Sn/c3*1-3-2;/h3H,1-2H2;2*1H,2H2;. The van der Waals surface area contributed by atoms with Gasteiger partial charge in [0.1, 0.15) is 0 Å². The third-order valence-electron chi connectivity index (χ3n) is 1.04. The molecule has 0 aliphatic carbocycles. The van der Waals surface area contributed by atoms with E-state index < -0.39 is 19.8 Å². The first-order chi connectivity index (χ1) is 4.85. The Labute approximate surface area is 70.1 Å². The molecule has 1 heteroatoms. The van der Waals surface area contributed by atoms with Gasteiger partial charge in [-0.05, 0) is 0 Å². The van der Waals surface area contributed by atoms with Gasteiger partial charge in [-0.2, -0.15) is 0 Å². The van der Waals surface area contributed by atoms with Gasteiger partial charge < -0.3 is 0 Å². The summed E-state index contributed by atoms with van der Waals surface area (Å²) in [7, 11) is 0. The van der Waals surface area contributed by atoms with Crippen molar-refractivity contribution in [2.24, 2.45) is 0 Å². The van der Waals surface area contributed by atoms with Gasteiger partial charge in [0.2, 0.25) is 0 Å². The number of hydrogen-bond donors (Lipinski definition) is 0. The van der Waals surface area contributed by atoms with Crippen LogP contribution in [0.15, 0.2) is 29.1 Å². The number of terminal acetylenes is 1. The summed E-state index contributed by atoms with van der Waals surface area (Å²) >= 11 is -1.41.